The Balaban J connectivity index is 1.39. The number of aliphatic imine (C=N–C) groups is 1. The van der Waals surface area contributed by atoms with Crippen LogP contribution in [0.1, 0.15) is 30.9 Å². The standard InChI is InChI=1S/C25H29N3O2S/c1-3-4-16-30-22-11-6-5-9-20(22)18-23-24(29)26-25(31-23)28-14-12-27(13-15-28)21-10-7-8-19(2)17-21/h5-11,17-18H,3-4,12-16H2,1-2H3. The molecule has 2 aliphatic heterocycles. The second-order valence-electron chi connectivity index (χ2n) is 7.86. The lowest BCUT2D eigenvalue weighted by atomic mass is 10.2. The Morgan fingerprint density at radius 2 is 1.84 bits per heavy atom. The highest BCUT2D eigenvalue weighted by Gasteiger charge is 2.28. The van der Waals surface area contributed by atoms with Crippen molar-refractivity contribution in [3.63, 3.8) is 0 Å². The molecule has 0 spiro atoms. The Kier molecular flexibility index (Phi) is 6.97. The van der Waals surface area contributed by atoms with Crippen LogP contribution >= 0.6 is 11.8 Å². The maximum atomic E-state index is 12.6. The minimum atomic E-state index is -0.163. The van der Waals surface area contributed by atoms with E-state index in [1.165, 1.54) is 23.0 Å². The van der Waals surface area contributed by atoms with E-state index in [4.69, 9.17) is 4.74 Å². The van der Waals surface area contributed by atoms with Crippen molar-refractivity contribution in [2.45, 2.75) is 26.7 Å². The molecule has 2 aromatic rings. The first-order valence-electron chi connectivity index (χ1n) is 10.9. The number of benzene rings is 2. The van der Waals surface area contributed by atoms with Crippen molar-refractivity contribution in [1.82, 2.24) is 4.90 Å². The molecule has 5 nitrogen and oxygen atoms in total. The topological polar surface area (TPSA) is 45.1 Å². The highest BCUT2D eigenvalue weighted by Crippen LogP contribution is 2.33. The third-order valence-electron chi connectivity index (χ3n) is 5.49. The van der Waals surface area contributed by atoms with Gasteiger partial charge in [-0.1, -0.05) is 43.7 Å². The van der Waals surface area contributed by atoms with Crippen LogP contribution in [0, 0.1) is 6.92 Å². The van der Waals surface area contributed by atoms with Crippen LogP contribution in [0.25, 0.3) is 6.08 Å². The van der Waals surface area contributed by atoms with Gasteiger partial charge in [-0.05, 0) is 54.9 Å². The minimum Gasteiger partial charge on any atom is -0.493 e. The molecule has 1 amide bonds. The summed E-state index contributed by atoms with van der Waals surface area (Å²) in [6.45, 7) is 8.51. The number of para-hydroxylation sites is 1. The second kappa shape index (κ2) is 10.1. The zero-order valence-electron chi connectivity index (χ0n) is 18.2. The maximum Gasteiger partial charge on any atom is 0.286 e. The number of carbonyl (C=O) groups excluding carboxylic acids is 1. The highest BCUT2D eigenvalue weighted by molar-refractivity contribution is 8.18. The van der Waals surface area contributed by atoms with E-state index in [0.29, 0.717) is 11.5 Å². The first kappa shape index (κ1) is 21.5. The smallest absolute Gasteiger partial charge is 0.286 e. The van der Waals surface area contributed by atoms with Crippen LogP contribution in [-0.2, 0) is 4.79 Å². The molecule has 2 aliphatic rings. The largest absolute Gasteiger partial charge is 0.493 e. The Hall–Kier alpha value is -2.73. The van der Waals surface area contributed by atoms with Gasteiger partial charge in [-0.25, -0.2) is 0 Å². The fraction of sp³-hybridized carbons (Fsp3) is 0.360. The summed E-state index contributed by atoms with van der Waals surface area (Å²) < 4.78 is 5.91. The predicted octanol–water partition coefficient (Wildman–Crippen LogP) is 4.97. The molecular formula is C25H29N3O2S. The molecule has 0 aromatic heterocycles. The summed E-state index contributed by atoms with van der Waals surface area (Å²) >= 11 is 1.47. The second-order valence-corrected chi connectivity index (χ2v) is 8.87. The molecule has 0 saturated carbocycles. The number of aryl methyl sites for hydroxylation is 1. The minimum absolute atomic E-state index is 0.163. The Morgan fingerprint density at radius 3 is 2.61 bits per heavy atom. The fourth-order valence-corrected chi connectivity index (χ4v) is 4.67. The summed E-state index contributed by atoms with van der Waals surface area (Å²) in [5.41, 5.74) is 3.46. The van der Waals surface area contributed by atoms with Crippen LogP contribution in [0.15, 0.2) is 58.4 Å². The van der Waals surface area contributed by atoms with E-state index in [9.17, 15) is 4.79 Å². The third kappa shape index (κ3) is 5.31. The number of rotatable bonds is 6. The zero-order chi connectivity index (χ0) is 21.6. The Labute approximate surface area is 188 Å². The van der Waals surface area contributed by atoms with Gasteiger partial charge in [-0.2, -0.15) is 4.99 Å². The average Bonchev–Trinajstić information content (AvgIpc) is 3.15. The van der Waals surface area contributed by atoms with Crippen LogP contribution in [0.5, 0.6) is 5.75 Å². The molecular weight excluding hydrogens is 406 g/mol. The van der Waals surface area contributed by atoms with Gasteiger partial charge < -0.3 is 14.5 Å². The Morgan fingerprint density at radius 1 is 1.06 bits per heavy atom. The van der Waals surface area contributed by atoms with Crippen molar-refractivity contribution in [2.75, 3.05) is 37.7 Å². The van der Waals surface area contributed by atoms with E-state index < -0.39 is 0 Å². The van der Waals surface area contributed by atoms with Crippen LogP contribution in [0.3, 0.4) is 0 Å². The summed E-state index contributed by atoms with van der Waals surface area (Å²) in [4.78, 5) is 22.2. The molecule has 0 aliphatic carbocycles. The summed E-state index contributed by atoms with van der Waals surface area (Å²) in [7, 11) is 0. The van der Waals surface area contributed by atoms with Gasteiger partial charge in [0.25, 0.3) is 5.91 Å². The number of amidine groups is 1. The number of piperazine rings is 1. The summed E-state index contributed by atoms with van der Waals surface area (Å²) in [6.07, 6.45) is 4.01. The molecule has 1 saturated heterocycles. The van der Waals surface area contributed by atoms with E-state index >= 15 is 0 Å². The number of amides is 1. The molecule has 1 fully saturated rings. The van der Waals surface area contributed by atoms with Gasteiger partial charge in [0.1, 0.15) is 5.75 Å². The normalized spacial score (nSPS) is 17.9. The number of thioether (sulfide) groups is 1. The number of hydrogen-bond donors (Lipinski definition) is 0. The monoisotopic (exact) mass is 435 g/mol. The molecule has 4 rings (SSSR count). The van der Waals surface area contributed by atoms with Gasteiger partial charge in [-0.3, -0.25) is 4.79 Å². The molecule has 162 valence electrons. The van der Waals surface area contributed by atoms with E-state index in [-0.39, 0.29) is 5.91 Å². The van der Waals surface area contributed by atoms with Gasteiger partial charge in [-0.15, -0.1) is 0 Å². The van der Waals surface area contributed by atoms with Crippen LogP contribution in [0.2, 0.25) is 0 Å². The van der Waals surface area contributed by atoms with E-state index in [1.54, 1.807) is 0 Å². The van der Waals surface area contributed by atoms with Crippen LogP contribution in [-0.4, -0.2) is 48.8 Å². The third-order valence-corrected chi connectivity index (χ3v) is 6.53. The Bertz CT molecular complexity index is 994. The van der Waals surface area contributed by atoms with Gasteiger partial charge in [0.05, 0.1) is 11.5 Å². The first-order chi connectivity index (χ1) is 15.1. The molecule has 2 heterocycles. The lowest BCUT2D eigenvalue weighted by Crippen LogP contribution is -2.47. The van der Waals surface area contributed by atoms with Gasteiger partial charge in [0.2, 0.25) is 0 Å². The fourth-order valence-electron chi connectivity index (χ4n) is 3.71. The van der Waals surface area contributed by atoms with Crippen molar-refractivity contribution in [1.29, 1.82) is 0 Å². The molecule has 6 heteroatoms. The average molecular weight is 436 g/mol. The summed E-state index contributed by atoms with van der Waals surface area (Å²) in [6, 6.07) is 16.5. The van der Waals surface area contributed by atoms with Gasteiger partial charge >= 0.3 is 0 Å². The maximum absolute atomic E-state index is 12.6. The number of nitrogens with zero attached hydrogens (tertiary/aromatic N) is 3. The van der Waals surface area contributed by atoms with E-state index in [2.05, 4.69) is 52.9 Å². The number of anilines is 1. The van der Waals surface area contributed by atoms with Crippen molar-refractivity contribution < 1.29 is 9.53 Å². The van der Waals surface area contributed by atoms with Crippen molar-refractivity contribution in [2.24, 2.45) is 4.99 Å². The lowest BCUT2D eigenvalue weighted by Gasteiger charge is -2.36. The van der Waals surface area contributed by atoms with Gasteiger partial charge in [0.15, 0.2) is 5.17 Å². The molecule has 2 aromatic carbocycles. The summed E-state index contributed by atoms with van der Waals surface area (Å²) in [5.74, 6) is 0.654. The van der Waals surface area contributed by atoms with E-state index in [0.717, 1.165) is 55.5 Å². The number of unbranched alkanes of at least 4 members (excludes halogenated alkanes) is 1. The van der Waals surface area contributed by atoms with Crippen LogP contribution in [0.4, 0.5) is 5.69 Å². The molecule has 31 heavy (non-hydrogen) atoms. The summed E-state index contributed by atoms with van der Waals surface area (Å²) in [5, 5.41) is 0.810. The molecule has 0 radical (unpaired) electrons. The van der Waals surface area contributed by atoms with Crippen LogP contribution < -0.4 is 9.64 Å². The first-order valence-corrected chi connectivity index (χ1v) is 11.8. The van der Waals surface area contributed by atoms with E-state index in [1.807, 2.05) is 30.3 Å². The molecule has 0 unspecified atom stereocenters. The quantitative estimate of drug-likeness (QED) is 0.474. The highest BCUT2D eigenvalue weighted by atomic mass is 32.2. The zero-order valence-corrected chi connectivity index (χ0v) is 19.0. The predicted molar refractivity (Wildman–Crippen MR) is 130 cm³/mol. The molecule has 0 atom stereocenters. The SMILES string of the molecule is CCCCOc1ccccc1C=C1SC(N2CCN(c3cccc(C)c3)CC2)=NC1=O. The van der Waals surface area contributed by atoms with Crippen molar-refractivity contribution in [3.8, 4) is 5.75 Å². The molecule has 0 N–H and O–H groups in total. The number of hydrogen-bond acceptors (Lipinski definition) is 5. The van der Waals surface area contributed by atoms with Crippen molar-refractivity contribution in [3.05, 3.63) is 64.6 Å². The molecule has 0 bridgehead atoms. The van der Waals surface area contributed by atoms with Crippen molar-refractivity contribution >= 4 is 34.6 Å². The number of ether oxygens (including phenoxy) is 1. The van der Waals surface area contributed by atoms with Gasteiger partial charge in [0, 0.05) is 37.4 Å². The number of carbonyl (C=O) groups is 1. The lowest BCUT2D eigenvalue weighted by molar-refractivity contribution is -0.113.